The molecular weight excluding hydrogens is 292 g/mol. The minimum Gasteiger partial charge on any atom is -0.504 e. The Bertz CT molecular complexity index is 629. The summed E-state index contributed by atoms with van der Waals surface area (Å²) in [5.41, 5.74) is 3.63. The van der Waals surface area contributed by atoms with Gasteiger partial charge in [-0.25, -0.2) is 5.43 Å². The molecule has 0 aromatic heterocycles. The number of nitrogens with one attached hydrogen (secondary N) is 1. The van der Waals surface area contributed by atoms with Gasteiger partial charge in [-0.15, -0.1) is 0 Å². The van der Waals surface area contributed by atoms with Crippen LogP contribution in [0.15, 0.2) is 23.3 Å². The van der Waals surface area contributed by atoms with Crippen LogP contribution in [0.25, 0.3) is 0 Å². The molecule has 5 nitrogen and oxygen atoms in total. The fourth-order valence-corrected chi connectivity index (χ4v) is 3.97. The zero-order valence-corrected chi connectivity index (χ0v) is 13.7. The summed E-state index contributed by atoms with van der Waals surface area (Å²) in [6.45, 7) is 4.56. The van der Waals surface area contributed by atoms with Crippen molar-refractivity contribution in [2.24, 2.45) is 22.4 Å². The molecule has 0 radical (unpaired) electrons. The second-order valence-electron chi connectivity index (χ2n) is 6.73. The molecule has 0 bridgehead atoms. The Labute approximate surface area is 136 Å². The molecule has 3 atom stereocenters. The third-order valence-corrected chi connectivity index (χ3v) is 5.29. The Morgan fingerprint density at radius 2 is 2.35 bits per heavy atom. The molecule has 2 fully saturated rings. The fraction of sp³-hybridized carbons (Fsp3) is 0.556. The summed E-state index contributed by atoms with van der Waals surface area (Å²) in [6, 6.07) is 4.99. The van der Waals surface area contributed by atoms with Gasteiger partial charge in [-0.3, -0.25) is 4.79 Å². The third-order valence-electron chi connectivity index (χ3n) is 5.29. The minimum atomic E-state index is 0.0273. The molecule has 3 rings (SSSR count). The normalized spacial score (nSPS) is 29.1. The molecule has 2 aliphatic carbocycles. The van der Waals surface area contributed by atoms with Gasteiger partial charge in [-0.05, 0) is 54.9 Å². The molecule has 0 spiro atoms. The lowest BCUT2D eigenvalue weighted by molar-refractivity contribution is -0.123. The second kappa shape index (κ2) is 6.22. The maximum Gasteiger partial charge on any atom is 0.244 e. The second-order valence-corrected chi connectivity index (χ2v) is 6.73. The Balaban J connectivity index is 1.59. The van der Waals surface area contributed by atoms with Gasteiger partial charge in [0.1, 0.15) is 0 Å². The van der Waals surface area contributed by atoms with E-state index in [1.54, 1.807) is 24.4 Å². The zero-order chi connectivity index (χ0) is 16.4. The lowest BCUT2D eigenvalue weighted by atomic mass is 9.90. The van der Waals surface area contributed by atoms with E-state index in [1.807, 2.05) is 6.92 Å². The third kappa shape index (κ3) is 3.05. The fourth-order valence-electron chi connectivity index (χ4n) is 3.97. The number of benzene rings is 1. The Kier molecular flexibility index (Phi) is 4.28. The molecule has 5 heteroatoms. The summed E-state index contributed by atoms with van der Waals surface area (Å²) in [5, 5.41) is 13.7. The van der Waals surface area contributed by atoms with Crippen LogP contribution in [0.2, 0.25) is 0 Å². The summed E-state index contributed by atoms with van der Waals surface area (Å²) in [5.74, 6) is 1.19. The molecule has 0 saturated heterocycles. The largest absolute Gasteiger partial charge is 0.504 e. The van der Waals surface area contributed by atoms with Gasteiger partial charge in [-0.1, -0.05) is 19.8 Å². The summed E-state index contributed by atoms with van der Waals surface area (Å²) in [6.07, 6.45) is 6.35. The quantitative estimate of drug-likeness (QED) is 0.648. The van der Waals surface area contributed by atoms with E-state index in [4.69, 9.17) is 4.74 Å². The molecule has 1 aromatic rings. The minimum absolute atomic E-state index is 0.0273. The average Bonchev–Trinajstić information content (AvgIpc) is 3.16. The van der Waals surface area contributed by atoms with Gasteiger partial charge in [0.2, 0.25) is 5.91 Å². The molecule has 0 unspecified atom stereocenters. The van der Waals surface area contributed by atoms with Crippen LogP contribution in [0, 0.1) is 17.3 Å². The first-order chi connectivity index (χ1) is 11.1. The highest BCUT2D eigenvalue weighted by molar-refractivity contribution is 5.86. The number of nitrogens with zero attached hydrogens (tertiary/aromatic N) is 1. The smallest absolute Gasteiger partial charge is 0.244 e. The van der Waals surface area contributed by atoms with Crippen LogP contribution in [-0.4, -0.2) is 23.8 Å². The Morgan fingerprint density at radius 1 is 1.52 bits per heavy atom. The van der Waals surface area contributed by atoms with Crippen molar-refractivity contribution in [2.45, 2.75) is 39.5 Å². The van der Waals surface area contributed by atoms with Crippen LogP contribution in [0.3, 0.4) is 0 Å². The first kappa shape index (κ1) is 15.8. The number of phenolic OH excluding ortho intramolecular Hbond substituents is 1. The molecular formula is C18H24N2O3. The molecule has 124 valence electrons. The number of ether oxygens (including phenoxy) is 1. The van der Waals surface area contributed by atoms with Gasteiger partial charge in [0, 0.05) is 5.92 Å². The van der Waals surface area contributed by atoms with E-state index in [2.05, 4.69) is 17.5 Å². The van der Waals surface area contributed by atoms with Crippen molar-refractivity contribution in [1.82, 2.24) is 5.43 Å². The molecule has 1 amide bonds. The number of hydrogen-bond donors (Lipinski definition) is 2. The highest BCUT2D eigenvalue weighted by atomic mass is 16.5. The number of phenols is 1. The highest BCUT2D eigenvalue weighted by Crippen LogP contribution is 2.66. The van der Waals surface area contributed by atoms with Crippen molar-refractivity contribution >= 4 is 12.1 Å². The van der Waals surface area contributed by atoms with E-state index in [-0.39, 0.29) is 23.0 Å². The summed E-state index contributed by atoms with van der Waals surface area (Å²) >= 11 is 0. The maximum absolute atomic E-state index is 12.3. The number of aromatic hydroxyl groups is 1. The Morgan fingerprint density at radius 3 is 3.04 bits per heavy atom. The number of rotatable bonds is 5. The molecule has 2 N–H and O–H groups in total. The average molecular weight is 316 g/mol. The molecule has 0 heterocycles. The van der Waals surface area contributed by atoms with Crippen LogP contribution >= 0.6 is 0 Å². The van der Waals surface area contributed by atoms with Crippen molar-refractivity contribution in [2.75, 3.05) is 6.61 Å². The molecule has 2 aliphatic rings. The van der Waals surface area contributed by atoms with Crippen molar-refractivity contribution < 1.29 is 14.6 Å². The van der Waals surface area contributed by atoms with E-state index >= 15 is 0 Å². The van der Waals surface area contributed by atoms with Crippen LogP contribution in [0.4, 0.5) is 0 Å². The van der Waals surface area contributed by atoms with Gasteiger partial charge in [-0.2, -0.15) is 5.10 Å². The molecule has 23 heavy (non-hydrogen) atoms. The maximum atomic E-state index is 12.3. The predicted molar refractivity (Wildman–Crippen MR) is 88.6 cm³/mol. The molecule has 0 aliphatic heterocycles. The van der Waals surface area contributed by atoms with Crippen molar-refractivity contribution in [3.8, 4) is 11.5 Å². The van der Waals surface area contributed by atoms with Crippen molar-refractivity contribution in [3.05, 3.63) is 23.8 Å². The van der Waals surface area contributed by atoms with Crippen LogP contribution in [0.5, 0.6) is 11.5 Å². The van der Waals surface area contributed by atoms with Crippen molar-refractivity contribution in [1.29, 1.82) is 0 Å². The van der Waals surface area contributed by atoms with E-state index in [9.17, 15) is 9.90 Å². The first-order valence-corrected chi connectivity index (χ1v) is 8.35. The highest BCUT2D eigenvalue weighted by Gasteiger charge is 2.64. The lowest BCUT2D eigenvalue weighted by Crippen LogP contribution is -2.22. The zero-order valence-electron chi connectivity index (χ0n) is 13.7. The number of hydrogen-bond acceptors (Lipinski definition) is 4. The number of amides is 1. The van der Waals surface area contributed by atoms with Crippen LogP contribution in [-0.2, 0) is 4.79 Å². The Hall–Kier alpha value is -2.04. The van der Waals surface area contributed by atoms with Gasteiger partial charge in [0.15, 0.2) is 11.5 Å². The first-order valence-electron chi connectivity index (χ1n) is 8.35. The monoisotopic (exact) mass is 316 g/mol. The van der Waals surface area contributed by atoms with Crippen LogP contribution in [0.1, 0.15) is 45.1 Å². The van der Waals surface area contributed by atoms with E-state index < -0.39 is 0 Å². The molecule has 2 saturated carbocycles. The summed E-state index contributed by atoms with van der Waals surface area (Å²) in [7, 11) is 0. The van der Waals surface area contributed by atoms with Gasteiger partial charge in [0.05, 0.1) is 12.8 Å². The summed E-state index contributed by atoms with van der Waals surface area (Å²) < 4.78 is 5.33. The van der Waals surface area contributed by atoms with Gasteiger partial charge >= 0.3 is 0 Å². The number of carbonyl (C=O) groups is 1. The van der Waals surface area contributed by atoms with Gasteiger partial charge < -0.3 is 9.84 Å². The predicted octanol–water partition coefficient (Wildman–Crippen LogP) is 3.07. The number of hydrazone groups is 1. The topological polar surface area (TPSA) is 70.9 Å². The van der Waals surface area contributed by atoms with Gasteiger partial charge in [0.25, 0.3) is 0 Å². The van der Waals surface area contributed by atoms with Crippen LogP contribution < -0.4 is 10.2 Å². The number of carbonyl (C=O) groups excluding carboxylic acids is 1. The number of fused-ring (bicyclic) bond motifs is 1. The SMILES string of the molecule is CCOc1cc(/C=N/NC(=O)[C@@H]2[C@@H]3CCCC[C@]23C)ccc1O. The standard InChI is InChI=1S/C18H24N2O3/c1-3-23-15-10-12(7-8-14(15)21)11-19-20-17(22)16-13-6-4-5-9-18(13,16)2/h7-8,10-11,13,16,21H,3-6,9H2,1-2H3,(H,20,22)/b19-11+/t13-,16-,18-/m0/s1. The van der Waals surface area contributed by atoms with E-state index in [1.165, 1.54) is 12.8 Å². The molecule has 1 aromatic carbocycles. The lowest BCUT2D eigenvalue weighted by Gasteiger charge is -2.15. The summed E-state index contributed by atoms with van der Waals surface area (Å²) in [4.78, 5) is 12.3. The van der Waals surface area contributed by atoms with Crippen molar-refractivity contribution in [3.63, 3.8) is 0 Å². The van der Waals surface area contributed by atoms with E-state index in [0.717, 1.165) is 18.4 Å². The van der Waals surface area contributed by atoms with E-state index in [0.29, 0.717) is 18.3 Å².